The molecule has 2 aliphatic heterocycles. The van der Waals surface area contributed by atoms with E-state index in [1.165, 1.54) is 19.3 Å². The number of nitrogens with one attached hydrogen (secondary N) is 1. The van der Waals surface area contributed by atoms with Gasteiger partial charge < -0.3 is 15.0 Å². The smallest absolute Gasteiger partial charge is 0.317 e. The molecule has 0 aromatic heterocycles. The van der Waals surface area contributed by atoms with Gasteiger partial charge in [0.25, 0.3) is 0 Å². The van der Waals surface area contributed by atoms with Gasteiger partial charge in [-0.25, -0.2) is 4.79 Å². The zero-order valence-electron chi connectivity index (χ0n) is 14.8. The van der Waals surface area contributed by atoms with Crippen molar-refractivity contribution in [1.82, 2.24) is 15.1 Å². The van der Waals surface area contributed by atoms with Crippen LogP contribution in [0.25, 0.3) is 0 Å². The van der Waals surface area contributed by atoms with Crippen molar-refractivity contribution in [3.05, 3.63) is 0 Å². The Bertz CT molecular complexity index is 388. The topological polar surface area (TPSA) is 44.8 Å². The molecule has 3 unspecified atom stereocenters. The minimum Gasteiger partial charge on any atom is -0.373 e. The molecule has 2 saturated heterocycles. The lowest BCUT2D eigenvalue weighted by Gasteiger charge is -2.38. The van der Waals surface area contributed by atoms with Crippen LogP contribution < -0.4 is 5.32 Å². The van der Waals surface area contributed by atoms with E-state index in [9.17, 15) is 4.79 Å². The summed E-state index contributed by atoms with van der Waals surface area (Å²) in [6.45, 7) is 8.17. The molecule has 3 aliphatic rings. The number of carbonyl (C=O) groups excluding carboxylic acids is 1. The number of likely N-dealkylation sites (tertiary alicyclic amines) is 1. The van der Waals surface area contributed by atoms with Crippen molar-refractivity contribution in [2.24, 2.45) is 0 Å². The first kappa shape index (κ1) is 17.0. The SMILES string of the molecule is CC1CN(CC2CCCN2C(=O)NC2CCCCC2)CC(C)O1. The van der Waals surface area contributed by atoms with Crippen LogP contribution in [0.5, 0.6) is 0 Å². The highest BCUT2D eigenvalue weighted by Gasteiger charge is 2.33. The second kappa shape index (κ2) is 7.84. The molecule has 23 heavy (non-hydrogen) atoms. The number of morpholine rings is 1. The fraction of sp³-hybridized carbons (Fsp3) is 0.944. The molecule has 0 bridgehead atoms. The molecule has 1 aliphatic carbocycles. The van der Waals surface area contributed by atoms with Crippen LogP contribution in [0, 0.1) is 0 Å². The summed E-state index contributed by atoms with van der Waals surface area (Å²) in [4.78, 5) is 17.2. The van der Waals surface area contributed by atoms with Crippen molar-refractivity contribution >= 4 is 6.03 Å². The Morgan fingerprint density at radius 1 is 1.04 bits per heavy atom. The lowest BCUT2D eigenvalue weighted by molar-refractivity contribution is -0.0713. The van der Waals surface area contributed by atoms with E-state index in [0.717, 1.165) is 51.9 Å². The van der Waals surface area contributed by atoms with E-state index in [1.54, 1.807) is 0 Å². The van der Waals surface area contributed by atoms with Gasteiger partial charge in [0, 0.05) is 38.3 Å². The van der Waals surface area contributed by atoms with Crippen molar-refractivity contribution in [2.75, 3.05) is 26.2 Å². The summed E-state index contributed by atoms with van der Waals surface area (Å²) in [5.41, 5.74) is 0. The van der Waals surface area contributed by atoms with Gasteiger partial charge in [0.15, 0.2) is 0 Å². The van der Waals surface area contributed by atoms with E-state index >= 15 is 0 Å². The van der Waals surface area contributed by atoms with Crippen LogP contribution in [0.2, 0.25) is 0 Å². The van der Waals surface area contributed by atoms with Crippen LogP contribution in [-0.4, -0.2) is 66.3 Å². The van der Waals surface area contributed by atoms with Gasteiger partial charge in [-0.1, -0.05) is 19.3 Å². The summed E-state index contributed by atoms with van der Waals surface area (Å²) in [5.74, 6) is 0. The van der Waals surface area contributed by atoms with Gasteiger partial charge in [0.2, 0.25) is 0 Å². The normalized spacial score (nSPS) is 33.8. The van der Waals surface area contributed by atoms with Crippen LogP contribution in [-0.2, 0) is 4.74 Å². The fourth-order valence-corrected chi connectivity index (χ4v) is 4.53. The van der Waals surface area contributed by atoms with Gasteiger partial charge in [-0.05, 0) is 39.5 Å². The second-order valence-corrected chi connectivity index (χ2v) is 7.75. The summed E-state index contributed by atoms with van der Waals surface area (Å²) in [6.07, 6.45) is 9.03. The second-order valence-electron chi connectivity index (χ2n) is 7.75. The van der Waals surface area contributed by atoms with Crippen LogP contribution >= 0.6 is 0 Å². The molecular weight excluding hydrogens is 290 g/mol. The van der Waals surface area contributed by atoms with Crippen LogP contribution in [0.3, 0.4) is 0 Å². The molecule has 2 amide bonds. The largest absolute Gasteiger partial charge is 0.373 e. The zero-order chi connectivity index (χ0) is 16.2. The minimum absolute atomic E-state index is 0.175. The number of carbonyl (C=O) groups is 1. The summed E-state index contributed by atoms with van der Waals surface area (Å²) in [7, 11) is 0. The Balaban J connectivity index is 1.51. The molecule has 5 heteroatoms. The summed E-state index contributed by atoms with van der Waals surface area (Å²) < 4.78 is 5.82. The van der Waals surface area contributed by atoms with E-state index < -0.39 is 0 Å². The average molecular weight is 323 g/mol. The van der Waals surface area contributed by atoms with Gasteiger partial charge in [0.1, 0.15) is 0 Å². The Morgan fingerprint density at radius 3 is 2.43 bits per heavy atom. The number of hydrogen-bond donors (Lipinski definition) is 1. The molecule has 0 aromatic rings. The Hall–Kier alpha value is -0.810. The van der Waals surface area contributed by atoms with Gasteiger partial charge in [-0.15, -0.1) is 0 Å². The van der Waals surface area contributed by atoms with E-state index in [2.05, 4.69) is 29.0 Å². The number of urea groups is 1. The number of ether oxygens (including phenoxy) is 1. The number of hydrogen-bond acceptors (Lipinski definition) is 3. The first-order chi connectivity index (χ1) is 11.1. The summed E-state index contributed by atoms with van der Waals surface area (Å²) in [5, 5.41) is 3.29. The standard InChI is InChI=1S/C18H33N3O2/c1-14-11-20(12-15(2)23-14)13-17-9-6-10-21(17)18(22)19-16-7-4-3-5-8-16/h14-17H,3-13H2,1-2H3,(H,19,22). The molecule has 0 spiro atoms. The zero-order valence-corrected chi connectivity index (χ0v) is 14.8. The quantitative estimate of drug-likeness (QED) is 0.868. The first-order valence-electron chi connectivity index (χ1n) is 9.57. The molecule has 2 heterocycles. The average Bonchev–Trinajstić information content (AvgIpc) is 2.95. The lowest BCUT2D eigenvalue weighted by atomic mass is 9.96. The molecule has 0 radical (unpaired) electrons. The van der Waals surface area contributed by atoms with E-state index in [1.807, 2.05) is 0 Å². The van der Waals surface area contributed by atoms with Crippen LogP contribution in [0.4, 0.5) is 4.79 Å². The molecular formula is C18H33N3O2. The van der Waals surface area contributed by atoms with Gasteiger partial charge in [-0.3, -0.25) is 4.90 Å². The molecule has 0 aromatic carbocycles. The molecule has 1 N–H and O–H groups in total. The maximum absolute atomic E-state index is 12.7. The Labute approximate surface area is 140 Å². The van der Waals surface area contributed by atoms with Crippen molar-refractivity contribution in [3.8, 4) is 0 Å². The van der Waals surface area contributed by atoms with Gasteiger partial charge in [0.05, 0.1) is 12.2 Å². The van der Waals surface area contributed by atoms with Crippen molar-refractivity contribution in [1.29, 1.82) is 0 Å². The molecule has 3 rings (SSSR count). The van der Waals surface area contributed by atoms with E-state index in [0.29, 0.717) is 24.3 Å². The van der Waals surface area contributed by atoms with E-state index in [-0.39, 0.29) is 6.03 Å². The monoisotopic (exact) mass is 323 g/mol. The van der Waals surface area contributed by atoms with Gasteiger partial charge in [-0.2, -0.15) is 0 Å². The predicted octanol–water partition coefficient (Wildman–Crippen LogP) is 2.60. The maximum Gasteiger partial charge on any atom is 0.317 e. The molecule has 132 valence electrons. The van der Waals surface area contributed by atoms with Crippen molar-refractivity contribution in [3.63, 3.8) is 0 Å². The lowest BCUT2D eigenvalue weighted by Crippen LogP contribution is -2.53. The number of rotatable bonds is 3. The third-order valence-corrected chi connectivity index (χ3v) is 5.53. The number of amides is 2. The third-order valence-electron chi connectivity index (χ3n) is 5.53. The molecule has 1 saturated carbocycles. The Kier molecular flexibility index (Phi) is 5.81. The summed E-state index contributed by atoms with van der Waals surface area (Å²) >= 11 is 0. The Morgan fingerprint density at radius 2 is 1.74 bits per heavy atom. The fourth-order valence-electron chi connectivity index (χ4n) is 4.53. The highest BCUT2D eigenvalue weighted by molar-refractivity contribution is 5.75. The third kappa shape index (κ3) is 4.60. The first-order valence-corrected chi connectivity index (χ1v) is 9.57. The molecule has 3 atom stereocenters. The highest BCUT2D eigenvalue weighted by atomic mass is 16.5. The van der Waals surface area contributed by atoms with E-state index in [4.69, 9.17) is 4.74 Å². The van der Waals surface area contributed by atoms with Gasteiger partial charge >= 0.3 is 6.03 Å². The van der Waals surface area contributed by atoms with Crippen molar-refractivity contribution < 1.29 is 9.53 Å². The highest BCUT2D eigenvalue weighted by Crippen LogP contribution is 2.22. The maximum atomic E-state index is 12.7. The number of nitrogens with zero attached hydrogens (tertiary/aromatic N) is 2. The molecule has 5 nitrogen and oxygen atoms in total. The van der Waals surface area contributed by atoms with Crippen LogP contribution in [0.15, 0.2) is 0 Å². The summed E-state index contributed by atoms with van der Waals surface area (Å²) in [6, 6.07) is 0.950. The molecule has 3 fully saturated rings. The van der Waals surface area contributed by atoms with Crippen LogP contribution in [0.1, 0.15) is 58.8 Å². The van der Waals surface area contributed by atoms with Crippen molar-refractivity contribution in [2.45, 2.75) is 83.1 Å². The predicted molar refractivity (Wildman–Crippen MR) is 91.6 cm³/mol. The minimum atomic E-state index is 0.175.